The highest BCUT2D eigenvalue weighted by molar-refractivity contribution is 5.96. The van der Waals surface area contributed by atoms with Crippen LogP contribution < -0.4 is 0 Å². The van der Waals surface area contributed by atoms with E-state index in [1.807, 2.05) is 12.1 Å². The normalized spacial score (nSPS) is 11.5. The quantitative estimate of drug-likeness (QED) is 0.786. The molecule has 108 valence electrons. The zero-order chi connectivity index (χ0) is 15.9. The molecule has 0 unspecified atom stereocenters. The van der Waals surface area contributed by atoms with Crippen molar-refractivity contribution in [1.82, 2.24) is 0 Å². The number of ketones is 1. The van der Waals surface area contributed by atoms with E-state index in [1.54, 1.807) is 36.4 Å². The molecule has 0 fully saturated rings. The number of hydrogen-bond acceptors (Lipinski definition) is 3. The molecule has 0 spiro atoms. The maximum atomic E-state index is 14.0. The van der Waals surface area contributed by atoms with Gasteiger partial charge < -0.3 is 0 Å². The molecule has 0 aliphatic heterocycles. The number of benzene rings is 2. The van der Waals surface area contributed by atoms with Crippen LogP contribution in [0, 0.1) is 34.4 Å². The van der Waals surface area contributed by atoms with E-state index < -0.39 is 17.7 Å². The Hall–Kier alpha value is -2.98. The van der Waals surface area contributed by atoms with Crippen molar-refractivity contribution in [3.8, 4) is 12.1 Å². The van der Waals surface area contributed by atoms with Crippen LogP contribution >= 0.6 is 0 Å². The standard InChI is InChI=1S/C18H13FN2O/c19-17-9-5-4-8-15(17)16(14(11-20)12-21)10-18(22)13-6-2-1-3-7-13/h1-9,14,16H,10H2/t16-/m0/s1. The van der Waals surface area contributed by atoms with Crippen LogP contribution in [0.4, 0.5) is 4.39 Å². The SMILES string of the molecule is N#CC(C#N)[C@H](CC(=O)c1ccccc1)c1ccccc1F. The second-order valence-corrected chi connectivity index (χ2v) is 4.86. The van der Waals surface area contributed by atoms with Crippen LogP contribution in [0.2, 0.25) is 0 Å². The first kappa shape index (κ1) is 15.4. The number of hydrogen-bond donors (Lipinski definition) is 0. The minimum atomic E-state index is -1.08. The number of Topliss-reactive ketones (excluding diaryl/α,β-unsaturated/α-hetero) is 1. The van der Waals surface area contributed by atoms with Crippen LogP contribution in [0.3, 0.4) is 0 Å². The van der Waals surface area contributed by atoms with Crippen LogP contribution in [0.15, 0.2) is 54.6 Å². The highest BCUT2D eigenvalue weighted by Crippen LogP contribution is 2.31. The number of nitriles is 2. The molecule has 0 heterocycles. The van der Waals surface area contributed by atoms with E-state index in [0.29, 0.717) is 5.56 Å². The van der Waals surface area contributed by atoms with Gasteiger partial charge in [-0.3, -0.25) is 4.79 Å². The van der Waals surface area contributed by atoms with E-state index in [0.717, 1.165) is 0 Å². The number of rotatable bonds is 5. The van der Waals surface area contributed by atoms with Gasteiger partial charge in [0.15, 0.2) is 5.78 Å². The third-order valence-electron chi connectivity index (χ3n) is 3.49. The Morgan fingerprint density at radius 3 is 2.18 bits per heavy atom. The zero-order valence-corrected chi connectivity index (χ0v) is 11.7. The van der Waals surface area contributed by atoms with Gasteiger partial charge in [0.2, 0.25) is 0 Å². The zero-order valence-electron chi connectivity index (χ0n) is 11.7. The van der Waals surface area contributed by atoms with Gasteiger partial charge in [-0.05, 0) is 11.6 Å². The highest BCUT2D eigenvalue weighted by atomic mass is 19.1. The van der Waals surface area contributed by atoms with Crippen molar-refractivity contribution in [2.24, 2.45) is 5.92 Å². The predicted molar refractivity (Wildman–Crippen MR) is 79.2 cm³/mol. The molecule has 0 aliphatic rings. The van der Waals surface area contributed by atoms with E-state index in [9.17, 15) is 9.18 Å². The van der Waals surface area contributed by atoms with E-state index in [2.05, 4.69) is 0 Å². The molecule has 0 saturated heterocycles. The minimum Gasteiger partial charge on any atom is -0.294 e. The Morgan fingerprint density at radius 1 is 1.00 bits per heavy atom. The number of carbonyl (C=O) groups is 1. The maximum absolute atomic E-state index is 14.0. The predicted octanol–water partition coefficient (Wildman–Crippen LogP) is 3.85. The van der Waals surface area contributed by atoms with Crippen LogP contribution in [-0.4, -0.2) is 5.78 Å². The molecule has 22 heavy (non-hydrogen) atoms. The topological polar surface area (TPSA) is 64.7 Å². The second kappa shape index (κ2) is 7.15. The molecule has 4 heteroatoms. The van der Waals surface area contributed by atoms with Crippen molar-refractivity contribution in [1.29, 1.82) is 10.5 Å². The Bertz CT molecular complexity index is 730. The van der Waals surface area contributed by atoms with Gasteiger partial charge in [0.1, 0.15) is 11.7 Å². The second-order valence-electron chi connectivity index (χ2n) is 4.86. The van der Waals surface area contributed by atoms with E-state index >= 15 is 0 Å². The molecule has 0 bridgehead atoms. The lowest BCUT2D eigenvalue weighted by Crippen LogP contribution is -2.16. The molecule has 0 aromatic heterocycles. The van der Waals surface area contributed by atoms with Crippen molar-refractivity contribution in [3.05, 3.63) is 71.5 Å². The summed E-state index contributed by atoms with van der Waals surface area (Å²) in [5, 5.41) is 18.3. The van der Waals surface area contributed by atoms with Crippen LogP contribution in [0.25, 0.3) is 0 Å². The number of nitrogens with zero attached hydrogens (tertiary/aromatic N) is 2. The smallest absolute Gasteiger partial charge is 0.163 e. The third kappa shape index (κ3) is 3.37. The average molecular weight is 292 g/mol. The molecule has 1 atom stereocenters. The van der Waals surface area contributed by atoms with Gasteiger partial charge in [-0.25, -0.2) is 4.39 Å². The summed E-state index contributed by atoms with van der Waals surface area (Å²) in [7, 11) is 0. The summed E-state index contributed by atoms with van der Waals surface area (Å²) in [6.07, 6.45) is -0.0866. The van der Waals surface area contributed by atoms with Crippen LogP contribution in [-0.2, 0) is 0 Å². The summed E-state index contributed by atoms with van der Waals surface area (Å²) >= 11 is 0. The Kier molecular flexibility index (Phi) is 5.01. The minimum absolute atomic E-state index is 0.0866. The molecular formula is C18H13FN2O. The molecular weight excluding hydrogens is 279 g/mol. The summed E-state index contributed by atoms with van der Waals surface area (Å²) in [4.78, 5) is 12.3. The molecule has 0 radical (unpaired) electrons. The van der Waals surface area contributed by atoms with E-state index in [-0.39, 0.29) is 17.8 Å². The molecule has 3 nitrogen and oxygen atoms in total. The first-order valence-corrected chi connectivity index (χ1v) is 6.79. The first-order valence-electron chi connectivity index (χ1n) is 6.79. The van der Waals surface area contributed by atoms with Gasteiger partial charge in [0.05, 0.1) is 12.1 Å². The largest absolute Gasteiger partial charge is 0.294 e. The number of halogens is 1. The number of carbonyl (C=O) groups excluding carboxylic acids is 1. The molecule has 2 aromatic rings. The molecule has 0 saturated carbocycles. The van der Waals surface area contributed by atoms with Gasteiger partial charge in [-0.15, -0.1) is 0 Å². The highest BCUT2D eigenvalue weighted by Gasteiger charge is 2.28. The average Bonchev–Trinajstić information content (AvgIpc) is 2.56. The summed E-state index contributed by atoms with van der Waals surface area (Å²) in [5.74, 6) is -2.60. The first-order chi connectivity index (χ1) is 10.7. The fraction of sp³-hybridized carbons (Fsp3) is 0.167. The van der Waals surface area contributed by atoms with Crippen LogP contribution in [0.1, 0.15) is 28.3 Å². The third-order valence-corrected chi connectivity index (χ3v) is 3.49. The van der Waals surface area contributed by atoms with E-state index in [1.165, 1.54) is 18.2 Å². The van der Waals surface area contributed by atoms with Gasteiger partial charge in [-0.1, -0.05) is 48.5 Å². The Morgan fingerprint density at radius 2 is 1.59 bits per heavy atom. The van der Waals surface area contributed by atoms with Gasteiger partial charge >= 0.3 is 0 Å². The lowest BCUT2D eigenvalue weighted by atomic mass is 9.82. The molecule has 2 rings (SSSR count). The molecule has 0 N–H and O–H groups in total. The molecule has 0 amide bonds. The van der Waals surface area contributed by atoms with Crippen molar-refractivity contribution in [2.45, 2.75) is 12.3 Å². The van der Waals surface area contributed by atoms with Crippen molar-refractivity contribution in [3.63, 3.8) is 0 Å². The van der Waals surface area contributed by atoms with Crippen molar-refractivity contribution in [2.75, 3.05) is 0 Å². The van der Waals surface area contributed by atoms with Crippen LogP contribution in [0.5, 0.6) is 0 Å². The summed E-state index contributed by atoms with van der Waals surface area (Å²) in [6, 6.07) is 18.2. The fourth-order valence-corrected chi connectivity index (χ4v) is 2.33. The molecule has 2 aromatic carbocycles. The summed E-state index contributed by atoms with van der Waals surface area (Å²) in [6.45, 7) is 0. The van der Waals surface area contributed by atoms with E-state index in [4.69, 9.17) is 10.5 Å². The van der Waals surface area contributed by atoms with Crippen molar-refractivity contribution < 1.29 is 9.18 Å². The lowest BCUT2D eigenvalue weighted by Gasteiger charge is -2.18. The lowest BCUT2D eigenvalue weighted by molar-refractivity contribution is 0.0970. The Labute approximate surface area is 128 Å². The van der Waals surface area contributed by atoms with Gasteiger partial charge in [0, 0.05) is 17.9 Å². The fourth-order valence-electron chi connectivity index (χ4n) is 2.33. The van der Waals surface area contributed by atoms with Gasteiger partial charge in [0.25, 0.3) is 0 Å². The van der Waals surface area contributed by atoms with Crippen molar-refractivity contribution >= 4 is 5.78 Å². The summed E-state index contributed by atoms with van der Waals surface area (Å²) < 4.78 is 14.0. The van der Waals surface area contributed by atoms with Gasteiger partial charge in [-0.2, -0.15) is 10.5 Å². The monoisotopic (exact) mass is 292 g/mol. The summed E-state index contributed by atoms with van der Waals surface area (Å²) in [5.41, 5.74) is 0.707. The molecule has 0 aliphatic carbocycles. The maximum Gasteiger partial charge on any atom is 0.163 e. The Balaban J connectivity index is 2.35.